The molecule has 210 valence electrons. The van der Waals surface area contributed by atoms with Crippen LogP contribution in [0.5, 0.6) is 0 Å². The van der Waals surface area contributed by atoms with E-state index in [0.717, 1.165) is 11.3 Å². The van der Waals surface area contributed by atoms with Gasteiger partial charge in [0.25, 0.3) is 11.8 Å². The fraction of sp³-hybridized carbons (Fsp3) is 0.625. The number of ether oxygens (including phenoxy) is 3. The third-order valence-electron chi connectivity index (χ3n) is 5.18. The predicted molar refractivity (Wildman–Crippen MR) is 144 cm³/mol. The smallest absolute Gasteiger partial charge is 0.355 e. The molecule has 0 aromatic carbocycles. The van der Waals surface area contributed by atoms with Gasteiger partial charge in [0, 0.05) is 11.1 Å². The number of amides is 2. The molecule has 0 spiro atoms. The van der Waals surface area contributed by atoms with Gasteiger partial charge in [0.1, 0.15) is 36.0 Å². The van der Waals surface area contributed by atoms with Gasteiger partial charge >= 0.3 is 5.97 Å². The average molecular weight is 570 g/mol. The van der Waals surface area contributed by atoms with E-state index < -0.39 is 46.5 Å². The number of aromatic nitrogens is 1. The first-order valence-electron chi connectivity index (χ1n) is 12.0. The molecule has 2 aliphatic rings. The first kappa shape index (κ1) is 29.9. The molecule has 1 aromatic heterocycles. The van der Waals surface area contributed by atoms with Gasteiger partial charge in [0.05, 0.1) is 24.4 Å². The summed E-state index contributed by atoms with van der Waals surface area (Å²) in [5, 5.41) is 7.76. The Hall–Kier alpha value is -2.68. The van der Waals surface area contributed by atoms with Gasteiger partial charge in [-0.3, -0.25) is 14.5 Å². The van der Waals surface area contributed by atoms with E-state index in [-0.39, 0.29) is 35.4 Å². The fourth-order valence-corrected chi connectivity index (χ4v) is 5.19. The Morgan fingerprint density at radius 1 is 1.21 bits per heavy atom. The number of rotatable bonds is 10. The van der Waals surface area contributed by atoms with Crippen molar-refractivity contribution in [2.24, 2.45) is 5.16 Å². The summed E-state index contributed by atoms with van der Waals surface area (Å²) >= 11 is 2.56. The fourth-order valence-electron chi connectivity index (χ4n) is 3.45. The topological polar surface area (TPSA) is 155 Å². The number of nitrogen functional groups attached to an aromatic ring is 1. The van der Waals surface area contributed by atoms with Crippen LogP contribution in [0.1, 0.15) is 47.2 Å². The maximum atomic E-state index is 13.2. The van der Waals surface area contributed by atoms with Gasteiger partial charge in [-0.05, 0) is 47.6 Å². The summed E-state index contributed by atoms with van der Waals surface area (Å²) in [7, 11) is 1.30. The van der Waals surface area contributed by atoms with Crippen LogP contribution in [-0.2, 0) is 33.4 Å². The van der Waals surface area contributed by atoms with Crippen molar-refractivity contribution in [2.75, 3.05) is 31.8 Å². The molecule has 0 aliphatic carbocycles. The van der Waals surface area contributed by atoms with Crippen molar-refractivity contribution in [1.29, 1.82) is 0 Å². The summed E-state index contributed by atoms with van der Waals surface area (Å²) in [6.07, 6.45) is 0.960. The lowest BCUT2D eigenvalue weighted by Crippen LogP contribution is -2.70. The zero-order valence-corrected chi connectivity index (χ0v) is 24.2. The average Bonchev–Trinajstić information content (AvgIpc) is 3.26. The molecule has 2 aliphatic heterocycles. The van der Waals surface area contributed by atoms with Gasteiger partial charge in [-0.25, -0.2) is 9.78 Å². The highest BCUT2D eigenvalue weighted by Crippen LogP contribution is 2.38. The summed E-state index contributed by atoms with van der Waals surface area (Å²) in [5.74, 6) is -1.29. The normalized spacial score (nSPS) is 20.0. The van der Waals surface area contributed by atoms with Gasteiger partial charge in [-0.2, -0.15) is 0 Å². The third-order valence-corrected chi connectivity index (χ3v) is 7.04. The number of hydrogen-bond acceptors (Lipinski definition) is 12. The number of thioether (sulfide) groups is 1. The lowest BCUT2D eigenvalue weighted by atomic mass is 10.0. The molecule has 0 saturated carbocycles. The molecule has 3 N–H and O–H groups in total. The van der Waals surface area contributed by atoms with Crippen LogP contribution >= 0.6 is 23.1 Å². The zero-order valence-electron chi connectivity index (χ0n) is 22.6. The second kappa shape index (κ2) is 12.0. The number of carbonyl (C=O) groups is 3. The Morgan fingerprint density at radius 3 is 2.37 bits per heavy atom. The summed E-state index contributed by atoms with van der Waals surface area (Å²) in [4.78, 5) is 49.3. The number of hydrogen-bond donors (Lipinski definition) is 2. The number of nitrogens with two attached hydrogens (primary N) is 1. The van der Waals surface area contributed by atoms with E-state index >= 15 is 0 Å². The first-order chi connectivity index (χ1) is 17.7. The van der Waals surface area contributed by atoms with Crippen molar-refractivity contribution in [3.8, 4) is 0 Å². The Morgan fingerprint density at radius 2 is 1.84 bits per heavy atom. The number of carbonyl (C=O) groups excluding carboxylic acids is 3. The van der Waals surface area contributed by atoms with Gasteiger partial charge in [0.15, 0.2) is 10.8 Å². The highest BCUT2D eigenvalue weighted by molar-refractivity contribution is 8.00. The van der Waals surface area contributed by atoms with Crippen LogP contribution in [0.25, 0.3) is 0 Å². The minimum atomic E-state index is -0.869. The van der Waals surface area contributed by atoms with Crippen molar-refractivity contribution in [1.82, 2.24) is 15.2 Å². The standard InChI is InChI=1S/C24H35N5O7S2/c1-23(2,3)34-10-13(11-35-24(4,5)6)36-21(32)15-8-9-37-20-17(19(31)29(15)20)27-18(30)16(28-33-7)14-12-38-22(25)26-14/h8,12-13,17,20H,9-11H2,1-7H3,(H2,25,26)(H,27,30)/t17?,20-/m1/s1. The summed E-state index contributed by atoms with van der Waals surface area (Å²) in [6, 6.07) is -0.869. The van der Waals surface area contributed by atoms with E-state index in [2.05, 4.69) is 15.5 Å². The van der Waals surface area contributed by atoms with Crippen molar-refractivity contribution >= 4 is 51.7 Å². The number of nitrogens with one attached hydrogen (secondary N) is 1. The third kappa shape index (κ3) is 7.68. The number of oxime groups is 1. The molecular weight excluding hydrogens is 534 g/mol. The maximum Gasteiger partial charge on any atom is 0.355 e. The van der Waals surface area contributed by atoms with Crippen LogP contribution < -0.4 is 11.1 Å². The molecule has 1 aromatic rings. The molecule has 1 saturated heterocycles. The molecular formula is C24H35N5O7S2. The Kier molecular flexibility index (Phi) is 9.44. The van der Waals surface area contributed by atoms with Gasteiger partial charge in [0.2, 0.25) is 0 Å². The molecule has 1 fully saturated rings. The molecule has 2 atom stereocenters. The Bertz CT molecular complexity index is 1090. The van der Waals surface area contributed by atoms with Gasteiger partial charge < -0.3 is 30.1 Å². The quantitative estimate of drug-likeness (QED) is 0.185. The minimum absolute atomic E-state index is 0.108. The van der Waals surface area contributed by atoms with E-state index in [1.165, 1.54) is 23.8 Å². The molecule has 0 radical (unpaired) electrons. The predicted octanol–water partition coefficient (Wildman–Crippen LogP) is 1.90. The molecule has 0 bridgehead atoms. The molecule has 3 rings (SSSR count). The number of esters is 1. The van der Waals surface area contributed by atoms with E-state index in [1.54, 1.807) is 11.5 Å². The SMILES string of the molecule is CON=C(C(=O)NC1C(=O)N2C(C(=O)OC(COC(C)(C)C)COC(C)(C)C)=CCS[C@H]12)c1csc(N)n1. The minimum Gasteiger partial charge on any atom is -0.453 e. The van der Waals surface area contributed by atoms with Gasteiger partial charge in [-0.1, -0.05) is 5.16 Å². The van der Waals surface area contributed by atoms with E-state index in [9.17, 15) is 14.4 Å². The molecule has 14 heteroatoms. The summed E-state index contributed by atoms with van der Waals surface area (Å²) < 4.78 is 17.4. The van der Waals surface area contributed by atoms with Crippen molar-refractivity contribution < 1.29 is 33.4 Å². The maximum absolute atomic E-state index is 13.2. The van der Waals surface area contributed by atoms with Crippen LogP contribution in [0.3, 0.4) is 0 Å². The number of β-lactam (4-membered cyclic amide) rings is 1. The second-order valence-corrected chi connectivity index (χ2v) is 12.6. The molecule has 38 heavy (non-hydrogen) atoms. The van der Waals surface area contributed by atoms with Crippen LogP contribution in [0.2, 0.25) is 0 Å². The zero-order chi connectivity index (χ0) is 28.3. The highest BCUT2D eigenvalue weighted by Gasteiger charge is 2.53. The monoisotopic (exact) mass is 569 g/mol. The summed E-state index contributed by atoms with van der Waals surface area (Å²) in [6.45, 7) is 11.7. The van der Waals surface area contributed by atoms with E-state index in [0.29, 0.717) is 5.75 Å². The lowest BCUT2D eigenvalue weighted by Gasteiger charge is -2.48. The van der Waals surface area contributed by atoms with Gasteiger partial charge in [-0.15, -0.1) is 23.1 Å². The van der Waals surface area contributed by atoms with E-state index in [4.69, 9.17) is 24.8 Å². The van der Waals surface area contributed by atoms with Crippen molar-refractivity contribution in [3.63, 3.8) is 0 Å². The van der Waals surface area contributed by atoms with Crippen LogP contribution in [-0.4, -0.2) is 88.2 Å². The Labute approximate surface area is 230 Å². The number of fused-ring (bicyclic) bond motifs is 1. The second-order valence-electron chi connectivity index (χ2n) is 10.5. The van der Waals surface area contributed by atoms with Crippen LogP contribution in [0.4, 0.5) is 5.13 Å². The highest BCUT2D eigenvalue weighted by atomic mass is 32.2. The number of anilines is 1. The Balaban J connectivity index is 1.67. The molecule has 2 amide bonds. The van der Waals surface area contributed by atoms with Crippen molar-refractivity contribution in [3.05, 3.63) is 22.8 Å². The summed E-state index contributed by atoms with van der Waals surface area (Å²) in [5.41, 5.74) is 5.04. The van der Waals surface area contributed by atoms with Crippen molar-refractivity contribution in [2.45, 2.75) is 70.3 Å². The number of nitrogens with zero attached hydrogens (tertiary/aromatic N) is 3. The van der Waals surface area contributed by atoms with Crippen LogP contribution in [0, 0.1) is 0 Å². The molecule has 12 nitrogen and oxygen atoms in total. The molecule has 1 unspecified atom stereocenters. The van der Waals surface area contributed by atoms with Crippen LogP contribution in [0.15, 0.2) is 22.3 Å². The lowest BCUT2D eigenvalue weighted by molar-refractivity contribution is -0.165. The first-order valence-corrected chi connectivity index (χ1v) is 13.9. The number of thiazole rings is 1. The molecule has 3 heterocycles. The largest absolute Gasteiger partial charge is 0.453 e. The van der Waals surface area contributed by atoms with E-state index in [1.807, 2.05) is 41.5 Å².